The first-order chi connectivity index (χ1) is 11.3. The van der Waals surface area contributed by atoms with Crippen LogP contribution in [0.15, 0.2) is 36.4 Å². The summed E-state index contributed by atoms with van der Waals surface area (Å²) in [5, 5.41) is 20.9. The molecule has 0 aliphatic heterocycles. The number of carbonyl (C=O) groups excluding carboxylic acids is 1. The summed E-state index contributed by atoms with van der Waals surface area (Å²) < 4.78 is 10.7. The maximum Gasteiger partial charge on any atom is 0.519 e. The van der Waals surface area contributed by atoms with Crippen molar-refractivity contribution in [3.8, 4) is 23.0 Å². The summed E-state index contributed by atoms with van der Waals surface area (Å²) in [5.41, 5.74) is 0. The summed E-state index contributed by atoms with van der Waals surface area (Å²) in [6.45, 7) is 8.32. The van der Waals surface area contributed by atoms with Crippen molar-refractivity contribution < 1.29 is 24.5 Å². The van der Waals surface area contributed by atoms with Gasteiger partial charge in [0.2, 0.25) is 0 Å². The molecule has 0 fully saturated rings. The van der Waals surface area contributed by atoms with Crippen LogP contribution in [0, 0.1) is 0 Å². The molecule has 0 unspecified atom stereocenters. The number of aromatic hydroxyl groups is 2. The third-order valence-electron chi connectivity index (χ3n) is 3.62. The Bertz CT molecular complexity index is 682. The van der Waals surface area contributed by atoms with Gasteiger partial charge in [-0.3, -0.25) is 0 Å². The summed E-state index contributed by atoms with van der Waals surface area (Å²) in [6.07, 6.45) is -0.821. The molecule has 128 valence electrons. The smallest absolute Gasteiger partial charge is 0.508 e. The zero-order chi connectivity index (χ0) is 17.9. The van der Waals surface area contributed by atoms with E-state index in [9.17, 15) is 15.0 Å². The lowest BCUT2D eigenvalue weighted by Gasteiger charge is -2.15. The molecule has 0 spiro atoms. The molecule has 2 N–H and O–H groups in total. The summed E-state index contributed by atoms with van der Waals surface area (Å²) >= 11 is 0. The van der Waals surface area contributed by atoms with Crippen LogP contribution in [0.3, 0.4) is 0 Å². The Balaban J connectivity index is 2.21. The van der Waals surface area contributed by atoms with Crippen molar-refractivity contribution in [1.82, 2.24) is 0 Å². The Labute approximate surface area is 144 Å². The molecule has 7 heteroatoms. The normalized spacial score (nSPS) is 10.9. The van der Waals surface area contributed by atoms with Gasteiger partial charge in [0.25, 0.3) is 0 Å². The lowest BCUT2D eigenvalue weighted by atomic mass is 10.3. The largest absolute Gasteiger partial charge is 0.519 e. The van der Waals surface area contributed by atoms with Gasteiger partial charge in [0.05, 0.1) is 17.6 Å². The molecule has 2 aromatic carbocycles. The lowest BCUT2D eigenvalue weighted by molar-refractivity contribution is 0.152. The number of hydrogen-bond acceptors (Lipinski definition) is 5. The highest BCUT2D eigenvalue weighted by molar-refractivity contribution is 6.72. The van der Waals surface area contributed by atoms with E-state index >= 15 is 0 Å². The van der Waals surface area contributed by atoms with Crippen LogP contribution in [0.4, 0.5) is 4.79 Å². The topological polar surface area (TPSA) is 76.0 Å². The van der Waals surface area contributed by atoms with Gasteiger partial charge < -0.3 is 19.7 Å². The lowest BCUT2D eigenvalue weighted by Crippen LogP contribution is -2.30. The highest BCUT2D eigenvalue weighted by Gasteiger charge is 2.17. The molecule has 0 amide bonds. The minimum atomic E-state index is -1.29. The number of hydrogen-bond donors (Lipinski definition) is 2. The molecule has 2 aromatic rings. The third-order valence-corrected chi connectivity index (χ3v) is 7.01. The van der Waals surface area contributed by atoms with Crippen molar-refractivity contribution in [2.75, 3.05) is 0 Å². The van der Waals surface area contributed by atoms with Crippen LogP contribution in [0.1, 0.15) is 0 Å². The third kappa shape index (κ3) is 4.39. The van der Waals surface area contributed by atoms with Gasteiger partial charge in [0.1, 0.15) is 23.0 Å². The van der Waals surface area contributed by atoms with Crippen molar-refractivity contribution >= 4 is 34.1 Å². The second-order valence-electron chi connectivity index (χ2n) is 6.21. The molecule has 0 atom stereocenters. The quantitative estimate of drug-likeness (QED) is 0.495. The van der Waals surface area contributed by atoms with E-state index in [2.05, 4.69) is 26.2 Å². The van der Waals surface area contributed by atoms with Crippen LogP contribution < -0.4 is 19.8 Å². The van der Waals surface area contributed by atoms with E-state index in [0.29, 0.717) is 11.5 Å². The van der Waals surface area contributed by atoms with E-state index < -0.39 is 23.7 Å². The van der Waals surface area contributed by atoms with Crippen LogP contribution in [-0.4, -0.2) is 34.0 Å². The fourth-order valence-electron chi connectivity index (χ4n) is 2.36. The van der Waals surface area contributed by atoms with Crippen LogP contribution in [0.2, 0.25) is 26.2 Å². The van der Waals surface area contributed by atoms with Crippen LogP contribution in [0.25, 0.3) is 0 Å². The minimum absolute atomic E-state index is 0.151. The summed E-state index contributed by atoms with van der Waals surface area (Å²) in [7, 11) is -2.58. The van der Waals surface area contributed by atoms with Crippen molar-refractivity contribution in [1.29, 1.82) is 0 Å². The second kappa shape index (κ2) is 7.54. The van der Waals surface area contributed by atoms with E-state index in [-0.39, 0.29) is 11.5 Å². The molecule has 0 bridgehead atoms. The highest BCUT2D eigenvalue weighted by Crippen LogP contribution is 2.19. The number of carbonyl (C=O) groups is 1. The van der Waals surface area contributed by atoms with E-state index in [1.807, 2.05) is 0 Å². The van der Waals surface area contributed by atoms with Crippen molar-refractivity contribution in [3.05, 3.63) is 36.4 Å². The zero-order valence-electron chi connectivity index (χ0n) is 14.2. The summed E-state index contributed by atoms with van der Waals surface area (Å²) in [4.78, 5) is 12.2. The molecule has 0 saturated carbocycles. The Hall–Kier alpha value is -2.26. The zero-order valence-corrected chi connectivity index (χ0v) is 16.5. The number of benzene rings is 2. The molecular weight excluding hydrogens is 340 g/mol. The minimum Gasteiger partial charge on any atom is -0.508 e. The molecule has 0 radical (unpaired) electrons. The molecule has 24 heavy (non-hydrogen) atoms. The van der Waals surface area contributed by atoms with Crippen LogP contribution in [-0.2, 0) is 0 Å². The Morgan fingerprint density at radius 1 is 0.792 bits per heavy atom. The fraction of sp³-hybridized carbons (Fsp3) is 0.235. The molecule has 5 nitrogen and oxygen atoms in total. The molecular formula is C17H22O5Si2. The first-order valence-corrected chi connectivity index (χ1v) is 13.6. The summed E-state index contributed by atoms with van der Waals surface area (Å²) in [5.74, 6) is 1.14. The van der Waals surface area contributed by atoms with Gasteiger partial charge in [0, 0.05) is 0 Å². The van der Waals surface area contributed by atoms with Gasteiger partial charge in [0.15, 0.2) is 0 Å². The van der Waals surface area contributed by atoms with Gasteiger partial charge in [-0.25, -0.2) is 4.79 Å². The Morgan fingerprint density at radius 3 is 1.50 bits per heavy atom. The molecule has 0 aromatic heterocycles. The highest BCUT2D eigenvalue weighted by atomic mass is 28.3. The number of phenols is 2. The molecule has 0 aliphatic carbocycles. The van der Waals surface area contributed by atoms with E-state index in [0.717, 1.165) is 10.4 Å². The number of ether oxygens (including phenoxy) is 2. The van der Waals surface area contributed by atoms with Gasteiger partial charge in [-0.15, -0.1) is 0 Å². The molecule has 2 rings (SSSR count). The van der Waals surface area contributed by atoms with Gasteiger partial charge in [-0.1, -0.05) is 26.2 Å². The maximum absolute atomic E-state index is 12.2. The second-order valence-corrected chi connectivity index (χ2v) is 12.1. The number of phenolic OH excluding ortho intramolecular Hbond substituents is 2. The average molecular weight is 363 g/mol. The molecule has 0 heterocycles. The van der Waals surface area contributed by atoms with Crippen molar-refractivity contribution in [3.63, 3.8) is 0 Å². The predicted molar refractivity (Wildman–Crippen MR) is 99.9 cm³/mol. The SMILES string of the molecule is C[SiH](C)c1cc(O)ccc1OC(=O)Oc1ccc(O)cc1[SiH](C)C. The fourth-order valence-corrected chi connectivity index (χ4v) is 4.82. The van der Waals surface area contributed by atoms with Gasteiger partial charge in [-0.05, 0) is 46.8 Å². The van der Waals surface area contributed by atoms with E-state index in [4.69, 9.17) is 9.47 Å². The maximum atomic E-state index is 12.2. The van der Waals surface area contributed by atoms with Crippen molar-refractivity contribution in [2.24, 2.45) is 0 Å². The van der Waals surface area contributed by atoms with E-state index in [1.54, 1.807) is 24.3 Å². The number of rotatable bonds is 4. The van der Waals surface area contributed by atoms with Gasteiger partial charge in [-0.2, -0.15) is 0 Å². The first kappa shape index (κ1) is 18.1. The monoisotopic (exact) mass is 362 g/mol. The van der Waals surface area contributed by atoms with Crippen LogP contribution >= 0.6 is 0 Å². The molecule has 0 aliphatic rings. The Kier molecular flexibility index (Phi) is 5.68. The summed E-state index contributed by atoms with van der Waals surface area (Å²) in [6, 6.07) is 9.38. The first-order valence-electron chi connectivity index (χ1n) is 7.83. The van der Waals surface area contributed by atoms with Crippen LogP contribution in [0.5, 0.6) is 23.0 Å². The van der Waals surface area contributed by atoms with E-state index in [1.165, 1.54) is 12.1 Å². The standard InChI is InChI=1S/C17H22O5Si2/c1-23(2)15-9-11(18)5-7-13(15)21-17(20)22-14-8-6-12(19)10-16(14)24(3)4/h5-10,18-19,23-24H,1-4H3. The van der Waals surface area contributed by atoms with Crippen molar-refractivity contribution in [2.45, 2.75) is 26.2 Å². The predicted octanol–water partition coefficient (Wildman–Crippen LogP) is 2.06. The Morgan fingerprint density at radius 2 is 1.17 bits per heavy atom. The average Bonchev–Trinajstić information content (AvgIpc) is 2.50. The van der Waals surface area contributed by atoms with Gasteiger partial charge >= 0.3 is 6.16 Å². The molecule has 0 saturated heterocycles.